The maximum atomic E-state index is 12.1. The van der Waals surface area contributed by atoms with Gasteiger partial charge in [-0.2, -0.15) is 0 Å². The maximum absolute atomic E-state index is 12.1. The van der Waals surface area contributed by atoms with Gasteiger partial charge in [-0.05, 0) is 12.7 Å². The Morgan fingerprint density at radius 1 is 1.14 bits per heavy atom. The molecule has 0 aromatic heterocycles. The Morgan fingerprint density at radius 3 is 2.29 bits per heavy atom. The lowest BCUT2D eigenvalue weighted by atomic mass is 9.81. The topological polar surface area (TPSA) is 121 Å². The molecule has 7 heteroatoms. The van der Waals surface area contributed by atoms with Gasteiger partial charge in [-0.3, -0.25) is 9.59 Å². The maximum Gasteiger partial charge on any atom is 0.451 e. The summed E-state index contributed by atoms with van der Waals surface area (Å²) in [5.74, 6) is -1.54. The third kappa shape index (κ3) is 5.67. The van der Waals surface area contributed by atoms with Crippen molar-refractivity contribution in [1.82, 2.24) is 0 Å². The van der Waals surface area contributed by atoms with Crippen molar-refractivity contribution in [2.24, 2.45) is 5.73 Å². The molecule has 0 aliphatic rings. The SMILES string of the molecule is NC(CCCCB(O)O)(CC(=O)c1ccccc1)C(=O)O. The second kappa shape index (κ2) is 7.92. The first-order chi connectivity index (χ1) is 9.85. The highest BCUT2D eigenvalue weighted by atomic mass is 16.4. The molecule has 1 aromatic carbocycles. The zero-order valence-electron chi connectivity index (χ0n) is 11.7. The van der Waals surface area contributed by atoms with Crippen molar-refractivity contribution in [3.8, 4) is 0 Å². The van der Waals surface area contributed by atoms with E-state index in [4.69, 9.17) is 15.8 Å². The van der Waals surface area contributed by atoms with Gasteiger partial charge in [0.2, 0.25) is 0 Å². The van der Waals surface area contributed by atoms with Gasteiger partial charge in [-0.25, -0.2) is 0 Å². The Balaban J connectivity index is 2.63. The van der Waals surface area contributed by atoms with Crippen LogP contribution in [0, 0.1) is 0 Å². The van der Waals surface area contributed by atoms with Crippen LogP contribution in [0.15, 0.2) is 30.3 Å². The molecule has 0 fully saturated rings. The van der Waals surface area contributed by atoms with Gasteiger partial charge in [0.15, 0.2) is 5.78 Å². The fourth-order valence-corrected chi connectivity index (χ4v) is 2.05. The van der Waals surface area contributed by atoms with Crippen LogP contribution in [0.25, 0.3) is 0 Å². The van der Waals surface area contributed by atoms with Crippen LogP contribution in [0.2, 0.25) is 6.32 Å². The van der Waals surface area contributed by atoms with Crippen molar-refractivity contribution in [3.63, 3.8) is 0 Å². The van der Waals surface area contributed by atoms with Crippen LogP contribution in [0.5, 0.6) is 0 Å². The van der Waals surface area contributed by atoms with E-state index in [1.165, 1.54) is 0 Å². The summed E-state index contributed by atoms with van der Waals surface area (Å²) in [5, 5.41) is 26.7. The summed E-state index contributed by atoms with van der Waals surface area (Å²) >= 11 is 0. The summed E-state index contributed by atoms with van der Waals surface area (Å²) in [4.78, 5) is 23.4. The van der Waals surface area contributed by atoms with Crippen molar-refractivity contribution in [1.29, 1.82) is 0 Å². The average molecular weight is 293 g/mol. The number of Topliss-reactive ketones (excluding diaryl/α,β-unsaturated/α-hetero) is 1. The quantitative estimate of drug-likeness (QED) is 0.302. The Hall–Kier alpha value is -1.70. The molecule has 5 N–H and O–H groups in total. The number of hydrogen-bond acceptors (Lipinski definition) is 5. The van der Waals surface area contributed by atoms with Gasteiger partial charge in [0.05, 0.1) is 0 Å². The highest BCUT2D eigenvalue weighted by molar-refractivity contribution is 6.40. The number of benzene rings is 1. The molecule has 1 rings (SSSR count). The molecule has 0 aliphatic heterocycles. The van der Waals surface area contributed by atoms with Crippen molar-refractivity contribution in [2.75, 3.05) is 0 Å². The summed E-state index contributed by atoms with van der Waals surface area (Å²) < 4.78 is 0. The van der Waals surface area contributed by atoms with Crippen molar-refractivity contribution >= 4 is 18.9 Å². The van der Waals surface area contributed by atoms with Gasteiger partial charge in [0.25, 0.3) is 0 Å². The Morgan fingerprint density at radius 2 is 1.76 bits per heavy atom. The van der Waals surface area contributed by atoms with Crippen LogP contribution in [-0.4, -0.2) is 39.6 Å². The molecule has 21 heavy (non-hydrogen) atoms. The molecule has 0 amide bonds. The summed E-state index contributed by atoms with van der Waals surface area (Å²) in [6.45, 7) is 0. The van der Waals surface area contributed by atoms with E-state index in [-0.39, 0.29) is 24.9 Å². The molecule has 1 atom stereocenters. The fourth-order valence-electron chi connectivity index (χ4n) is 2.05. The number of unbranched alkanes of at least 4 members (excludes halogenated alkanes) is 1. The molecule has 0 radical (unpaired) electrons. The molecular formula is C14H20BNO5. The third-order valence-electron chi connectivity index (χ3n) is 3.33. The number of rotatable bonds is 9. The number of carbonyl (C=O) groups excluding carboxylic acids is 1. The lowest BCUT2D eigenvalue weighted by molar-refractivity contribution is -0.143. The van der Waals surface area contributed by atoms with E-state index in [1.807, 2.05) is 0 Å². The second-order valence-corrected chi connectivity index (χ2v) is 5.15. The van der Waals surface area contributed by atoms with Crippen LogP contribution < -0.4 is 5.73 Å². The Kier molecular flexibility index (Phi) is 6.55. The van der Waals surface area contributed by atoms with E-state index >= 15 is 0 Å². The van der Waals surface area contributed by atoms with Crippen LogP contribution in [0.4, 0.5) is 0 Å². The molecule has 0 saturated carbocycles. The molecule has 6 nitrogen and oxygen atoms in total. The first-order valence-corrected chi connectivity index (χ1v) is 6.82. The van der Waals surface area contributed by atoms with E-state index < -0.39 is 18.6 Å². The van der Waals surface area contributed by atoms with E-state index in [0.29, 0.717) is 18.4 Å². The van der Waals surface area contributed by atoms with Gasteiger partial charge < -0.3 is 20.9 Å². The minimum Gasteiger partial charge on any atom is -0.480 e. The summed E-state index contributed by atoms with van der Waals surface area (Å²) in [5.41, 5.74) is 4.65. The Labute approximate surface area is 123 Å². The molecule has 1 aromatic rings. The van der Waals surface area contributed by atoms with E-state index in [0.717, 1.165) is 0 Å². The predicted octanol–water partition coefficient (Wildman–Crippen LogP) is 0.685. The van der Waals surface area contributed by atoms with E-state index in [9.17, 15) is 14.7 Å². The number of ketones is 1. The van der Waals surface area contributed by atoms with Crippen molar-refractivity contribution in [3.05, 3.63) is 35.9 Å². The van der Waals surface area contributed by atoms with Crippen molar-refractivity contribution in [2.45, 2.75) is 37.5 Å². The smallest absolute Gasteiger partial charge is 0.451 e. The fraction of sp³-hybridized carbons (Fsp3) is 0.429. The summed E-state index contributed by atoms with van der Waals surface area (Å²) in [7, 11) is -1.41. The number of carbonyl (C=O) groups is 2. The van der Waals surface area contributed by atoms with Gasteiger partial charge >= 0.3 is 13.1 Å². The largest absolute Gasteiger partial charge is 0.480 e. The van der Waals surface area contributed by atoms with Gasteiger partial charge in [0.1, 0.15) is 5.54 Å². The highest BCUT2D eigenvalue weighted by Crippen LogP contribution is 2.20. The summed E-state index contributed by atoms with van der Waals surface area (Å²) in [6.07, 6.45) is 0.815. The number of nitrogens with two attached hydrogens (primary N) is 1. The monoisotopic (exact) mass is 293 g/mol. The number of aliphatic carboxylic acids is 1. The lowest BCUT2D eigenvalue weighted by Crippen LogP contribution is -2.49. The molecule has 1 unspecified atom stereocenters. The average Bonchev–Trinajstić information content (AvgIpc) is 2.44. The van der Waals surface area contributed by atoms with E-state index in [2.05, 4.69) is 0 Å². The normalized spacial score (nSPS) is 13.5. The zero-order valence-corrected chi connectivity index (χ0v) is 11.7. The number of carboxylic acids is 1. The first kappa shape index (κ1) is 17.4. The Bertz CT molecular complexity index is 480. The highest BCUT2D eigenvalue weighted by Gasteiger charge is 2.36. The van der Waals surface area contributed by atoms with Gasteiger partial charge in [0, 0.05) is 12.0 Å². The van der Waals surface area contributed by atoms with Gasteiger partial charge in [-0.15, -0.1) is 0 Å². The van der Waals surface area contributed by atoms with E-state index in [1.54, 1.807) is 30.3 Å². The minimum absolute atomic E-state index is 0.105. The molecule has 0 saturated heterocycles. The van der Waals surface area contributed by atoms with Crippen LogP contribution >= 0.6 is 0 Å². The zero-order chi connectivity index (χ0) is 15.9. The number of carboxylic acid groups (broad SMARTS) is 1. The van der Waals surface area contributed by atoms with Gasteiger partial charge in [-0.1, -0.05) is 43.2 Å². The molecule has 0 heterocycles. The van der Waals surface area contributed by atoms with Crippen LogP contribution in [0.1, 0.15) is 36.0 Å². The number of hydrogen-bond donors (Lipinski definition) is 4. The predicted molar refractivity (Wildman–Crippen MR) is 78.8 cm³/mol. The standard InChI is InChI=1S/C14H20BNO5/c16-14(13(18)19,8-4-5-9-15(20)21)10-12(17)11-6-2-1-3-7-11/h1-3,6-7,20-21H,4-5,8-10,16H2,(H,18,19). The summed E-state index contributed by atoms with van der Waals surface area (Å²) in [6, 6.07) is 8.41. The lowest BCUT2D eigenvalue weighted by Gasteiger charge is -2.24. The minimum atomic E-state index is -1.63. The molecule has 0 bridgehead atoms. The molecule has 0 spiro atoms. The third-order valence-corrected chi connectivity index (χ3v) is 3.33. The molecule has 114 valence electrons. The molecule has 0 aliphatic carbocycles. The molecular weight excluding hydrogens is 273 g/mol. The van der Waals surface area contributed by atoms with Crippen LogP contribution in [-0.2, 0) is 4.79 Å². The second-order valence-electron chi connectivity index (χ2n) is 5.15. The van der Waals surface area contributed by atoms with Crippen LogP contribution in [0.3, 0.4) is 0 Å². The van der Waals surface area contributed by atoms with Crippen molar-refractivity contribution < 1.29 is 24.7 Å². The first-order valence-electron chi connectivity index (χ1n) is 6.82.